The van der Waals surface area contributed by atoms with E-state index >= 15 is 0 Å². The van der Waals surface area contributed by atoms with Crippen LogP contribution in [0.1, 0.15) is 33.6 Å². The first kappa shape index (κ1) is 26.0. The molecule has 0 radical (unpaired) electrons. The number of anilines is 1. The van der Waals surface area contributed by atoms with Gasteiger partial charge in [0.25, 0.3) is 5.91 Å². The van der Waals surface area contributed by atoms with Crippen LogP contribution in [0.5, 0.6) is 5.75 Å². The third-order valence-corrected chi connectivity index (χ3v) is 6.87. The van der Waals surface area contributed by atoms with Gasteiger partial charge in [0.1, 0.15) is 12.3 Å². The van der Waals surface area contributed by atoms with Gasteiger partial charge in [0.2, 0.25) is 10.0 Å². The van der Waals surface area contributed by atoms with Crippen LogP contribution in [0.4, 0.5) is 5.69 Å². The first-order valence-corrected chi connectivity index (χ1v) is 13.0. The minimum absolute atomic E-state index is 0.297. The predicted molar refractivity (Wildman–Crippen MR) is 140 cm³/mol. The number of hydrogen-bond donors (Lipinski definition) is 1. The summed E-state index contributed by atoms with van der Waals surface area (Å²) in [4.78, 5) is 12.6. The molecule has 0 aliphatic carbocycles. The van der Waals surface area contributed by atoms with Crippen molar-refractivity contribution in [3.05, 3.63) is 76.1 Å². The summed E-state index contributed by atoms with van der Waals surface area (Å²) in [6.07, 6.45) is 2.62. The molecule has 1 amide bonds. The van der Waals surface area contributed by atoms with Gasteiger partial charge in [-0.1, -0.05) is 23.8 Å². The third kappa shape index (κ3) is 5.92. The number of methoxy groups -OCH3 is 1. The number of hydrazone groups is 1. The molecule has 8 nitrogen and oxygen atoms in total. The molecule has 0 saturated heterocycles. The number of amides is 1. The summed E-state index contributed by atoms with van der Waals surface area (Å²) in [5, 5.41) is 4.09. The Balaban J connectivity index is 1.80. The van der Waals surface area contributed by atoms with E-state index in [1.807, 2.05) is 32.9 Å². The molecular weight excluding hydrogens is 464 g/mol. The molecule has 1 N–H and O–H groups in total. The van der Waals surface area contributed by atoms with Gasteiger partial charge in [0.15, 0.2) is 0 Å². The number of sulfonamides is 1. The predicted octanol–water partition coefficient (Wildman–Crippen LogP) is 3.94. The lowest BCUT2D eigenvalue weighted by atomic mass is 10.1. The molecule has 0 atom stereocenters. The second kappa shape index (κ2) is 10.4. The number of rotatable bonds is 8. The number of carbonyl (C=O) groups is 1. The topological polar surface area (TPSA) is 93.0 Å². The molecule has 3 aromatic rings. The van der Waals surface area contributed by atoms with Crippen LogP contribution in [-0.2, 0) is 14.8 Å². The van der Waals surface area contributed by atoms with Crippen molar-refractivity contribution in [2.75, 3.05) is 24.2 Å². The molecule has 0 fully saturated rings. The number of aromatic nitrogens is 1. The highest BCUT2D eigenvalue weighted by Gasteiger charge is 2.24. The fraction of sp³-hybridized carbons (Fsp3) is 0.308. The SMILES string of the molecule is COc1ccc(C)cc1N(CC(=O)N/N=C\c1cc(C)n(-c2ccc(C)cc2C)c1C)S(C)(=O)=O. The third-order valence-electron chi connectivity index (χ3n) is 5.75. The smallest absolute Gasteiger partial charge is 0.260 e. The molecule has 3 rings (SSSR count). The standard InChI is InChI=1S/C26H32N4O4S/c1-17-8-10-23(19(3)12-17)30-20(4)14-22(21(30)5)15-27-28-26(31)16-29(35(7,32)33)24-13-18(2)9-11-25(24)34-6/h8-15H,16H2,1-7H3,(H,28,31)/b27-15-. The number of carbonyl (C=O) groups excluding carboxylic acids is 1. The molecule has 0 spiro atoms. The minimum atomic E-state index is -3.75. The van der Waals surface area contributed by atoms with Crippen molar-refractivity contribution in [2.45, 2.75) is 34.6 Å². The first-order valence-electron chi connectivity index (χ1n) is 11.1. The van der Waals surface area contributed by atoms with E-state index in [-0.39, 0.29) is 0 Å². The normalized spacial score (nSPS) is 11.6. The summed E-state index contributed by atoms with van der Waals surface area (Å²) in [5.41, 5.74) is 9.90. The number of hydrogen-bond acceptors (Lipinski definition) is 5. The van der Waals surface area contributed by atoms with E-state index in [9.17, 15) is 13.2 Å². The number of nitrogens with zero attached hydrogens (tertiary/aromatic N) is 3. The van der Waals surface area contributed by atoms with E-state index in [2.05, 4.69) is 47.1 Å². The Morgan fingerprint density at radius 1 is 1.06 bits per heavy atom. The summed E-state index contributed by atoms with van der Waals surface area (Å²) in [7, 11) is -2.30. The lowest BCUT2D eigenvalue weighted by molar-refractivity contribution is -0.119. The zero-order valence-electron chi connectivity index (χ0n) is 21.2. The number of nitrogens with one attached hydrogen (secondary N) is 1. The fourth-order valence-electron chi connectivity index (χ4n) is 4.06. The van der Waals surface area contributed by atoms with Gasteiger partial charge < -0.3 is 9.30 Å². The average molecular weight is 497 g/mol. The van der Waals surface area contributed by atoms with E-state index in [4.69, 9.17) is 4.74 Å². The van der Waals surface area contributed by atoms with E-state index in [1.165, 1.54) is 12.7 Å². The van der Waals surface area contributed by atoms with Gasteiger partial charge in [0.05, 0.1) is 25.3 Å². The average Bonchev–Trinajstić information content (AvgIpc) is 3.04. The van der Waals surface area contributed by atoms with Gasteiger partial charge >= 0.3 is 0 Å². The maximum Gasteiger partial charge on any atom is 0.260 e. The molecule has 0 saturated carbocycles. The van der Waals surface area contributed by atoms with Crippen molar-refractivity contribution in [1.29, 1.82) is 0 Å². The highest BCUT2D eigenvalue weighted by atomic mass is 32.2. The Labute approximate surface area is 207 Å². The Morgan fingerprint density at radius 2 is 1.71 bits per heavy atom. The zero-order chi connectivity index (χ0) is 25.9. The van der Waals surface area contributed by atoms with Crippen LogP contribution in [0.25, 0.3) is 5.69 Å². The second-order valence-electron chi connectivity index (χ2n) is 8.69. The van der Waals surface area contributed by atoms with Gasteiger partial charge in [-0.2, -0.15) is 5.10 Å². The van der Waals surface area contributed by atoms with E-state index < -0.39 is 22.5 Å². The lowest BCUT2D eigenvalue weighted by Gasteiger charge is -2.23. The van der Waals surface area contributed by atoms with E-state index in [1.54, 1.807) is 18.3 Å². The van der Waals surface area contributed by atoms with Crippen molar-refractivity contribution in [1.82, 2.24) is 9.99 Å². The van der Waals surface area contributed by atoms with Crippen LogP contribution < -0.4 is 14.5 Å². The van der Waals surface area contributed by atoms with Crippen LogP contribution >= 0.6 is 0 Å². The monoisotopic (exact) mass is 496 g/mol. The second-order valence-corrected chi connectivity index (χ2v) is 10.6. The molecule has 1 aromatic heterocycles. The number of ether oxygens (including phenoxy) is 1. The van der Waals surface area contributed by atoms with Gasteiger partial charge in [0, 0.05) is 22.6 Å². The van der Waals surface area contributed by atoms with Crippen molar-refractivity contribution < 1.29 is 17.9 Å². The van der Waals surface area contributed by atoms with Crippen LogP contribution in [0, 0.1) is 34.6 Å². The summed E-state index contributed by atoms with van der Waals surface area (Å²) < 4.78 is 33.4. The molecule has 1 heterocycles. The summed E-state index contributed by atoms with van der Waals surface area (Å²) >= 11 is 0. The van der Waals surface area contributed by atoms with Crippen LogP contribution in [-0.4, -0.2) is 45.0 Å². The van der Waals surface area contributed by atoms with Gasteiger partial charge in [-0.3, -0.25) is 9.10 Å². The largest absolute Gasteiger partial charge is 0.495 e. The molecule has 0 aliphatic heterocycles. The summed E-state index contributed by atoms with van der Waals surface area (Å²) in [6.45, 7) is 9.55. The summed E-state index contributed by atoms with van der Waals surface area (Å²) in [5.74, 6) is -0.213. The molecule has 9 heteroatoms. The number of benzene rings is 2. The van der Waals surface area contributed by atoms with E-state index in [0.717, 1.165) is 44.3 Å². The molecule has 0 aliphatic rings. The Hall–Kier alpha value is -3.59. The molecule has 2 aromatic carbocycles. The van der Waals surface area contributed by atoms with Crippen molar-refractivity contribution in [3.63, 3.8) is 0 Å². The maximum absolute atomic E-state index is 12.6. The van der Waals surface area contributed by atoms with E-state index in [0.29, 0.717) is 11.4 Å². The van der Waals surface area contributed by atoms with Gasteiger partial charge in [-0.25, -0.2) is 13.8 Å². The molecule has 0 unspecified atom stereocenters. The molecular formula is C26H32N4O4S. The van der Waals surface area contributed by atoms with Gasteiger partial charge in [-0.05, 0) is 70.0 Å². The van der Waals surface area contributed by atoms with Crippen LogP contribution in [0.15, 0.2) is 47.6 Å². The molecule has 0 bridgehead atoms. The van der Waals surface area contributed by atoms with Gasteiger partial charge in [-0.15, -0.1) is 0 Å². The highest BCUT2D eigenvalue weighted by molar-refractivity contribution is 7.92. The van der Waals surface area contributed by atoms with Crippen molar-refractivity contribution in [3.8, 4) is 11.4 Å². The van der Waals surface area contributed by atoms with Crippen molar-refractivity contribution in [2.24, 2.45) is 5.10 Å². The first-order chi connectivity index (χ1) is 16.4. The molecule has 186 valence electrons. The Bertz CT molecular complexity index is 1390. The van der Waals surface area contributed by atoms with Crippen LogP contribution in [0.2, 0.25) is 0 Å². The number of aryl methyl sites for hydroxylation is 4. The summed E-state index contributed by atoms with van der Waals surface area (Å²) in [6, 6.07) is 13.4. The minimum Gasteiger partial charge on any atom is -0.495 e. The molecule has 35 heavy (non-hydrogen) atoms. The Morgan fingerprint density at radius 3 is 2.34 bits per heavy atom. The highest BCUT2D eigenvalue weighted by Crippen LogP contribution is 2.30. The van der Waals surface area contributed by atoms with Crippen molar-refractivity contribution >= 4 is 27.8 Å². The zero-order valence-corrected chi connectivity index (χ0v) is 22.0. The fourth-order valence-corrected chi connectivity index (χ4v) is 4.91. The maximum atomic E-state index is 12.6. The Kier molecular flexibility index (Phi) is 7.70. The quantitative estimate of drug-likeness (QED) is 0.378. The van der Waals surface area contributed by atoms with Crippen LogP contribution in [0.3, 0.4) is 0 Å². The lowest BCUT2D eigenvalue weighted by Crippen LogP contribution is -2.39.